The minimum atomic E-state index is -0.724. The van der Waals surface area contributed by atoms with E-state index >= 15 is 0 Å². The second-order valence-corrected chi connectivity index (χ2v) is 9.92. The number of allylic oxidation sites excluding steroid dienone is 3. The summed E-state index contributed by atoms with van der Waals surface area (Å²) in [6.45, 7) is 4.02. The minimum absolute atomic E-state index is 0.0473. The third-order valence-electron chi connectivity index (χ3n) is 5.52. The summed E-state index contributed by atoms with van der Waals surface area (Å²) in [7, 11) is 0. The maximum absolute atomic E-state index is 13.4. The first-order valence-corrected chi connectivity index (χ1v) is 10.8. The van der Waals surface area contributed by atoms with Crippen LogP contribution in [0.3, 0.4) is 0 Å². The monoisotopic (exact) mass is 454 g/mol. The van der Waals surface area contributed by atoms with Crippen LogP contribution in [0.25, 0.3) is 0 Å². The lowest BCUT2D eigenvalue weighted by molar-refractivity contribution is -0.380. The van der Waals surface area contributed by atoms with E-state index in [0.29, 0.717) is 39.7 Å². The molecular formula is C22H19ClN4O3S. The van der Waals surface area contributed by atoms with Crippen LogP contribution in [0.1, 0.15) is 37.5 Å². The number of anilines is 1. The highest BCUT2D eigenvalue weighted by Crippen LogP contribution is 2.51. The Morgan fingerprint density at radius 1 is 1.32 bits per heavy atom. The van der Waals surface area contributed by atoms with Gasteiger partial charge in [-0.1, -0.05) is 42.9 Å². The summed E-state index contributed by atoms with van der Waals surface area (Å²) in [5.41, 5.74) is 8.25. The molecule has 1 aliphatic carbocycles. The summed E-state index contributed by atoms with van der Waals surface area (Å²) in [4.78, 5) is 26.4. The van der Waals surface area contributed by atoms with E-state index in [1.807, 2.05) is 19.9 Å². The summed E-state index contributed by atoms with van der Waals surface area (Å²) in [6.07, 6.45) is 0.877. The number of carbonyl (C=O) groups excluding carboxylic acids is 1. The van der Waals surface area contributed by atoms with E-state index in [-0.39, 0.29) is 27.6 Å². The fraction of sp³-hybridized carbons (Fsp3) is 0.273. The number of nitrogens with zero attached hydrogens (tertiary/aromatic N) is 3. The summed E-state index contributed by atoms with van der Waals surface area (Å²) >= 11 is 7.17. The first-order chi connectivity index (χ1) is 14.6. The SMILES string of the molecule is CC1(C)CC(=O)C2=C(C1)N(c1cccc(Cl)c1)C(N)=C(C#N)[C@H]2c1ccc([N+](=O)[O-])s1. The van der Waals surface area contributed by atoms with Crippen molar-refractivity contribution in [2.24, 2.45) is 11.1 Å². The van der Waals surface area contributed by atoms with Gasteiger partial charge in [-0.15, -0.1) is 0 Å². The van der Waals surface area contributed by atoms with Gasteiger partial charge >= 0.3 is 5.00 Å². The number of rotatable bonds is 3. The number of carbonyl (C=O) groups is 1. The number of thiophene rings is 1. The molecule has 0 bridgehead atoms. The van der Waals surface area contributed by atoms with Crippen molar-refractivity contribution in [2.75, 3.05) is 4.90 Å². The van der Waals surface area contributed by atoms with Gasteiger partial charge in [0.15, 0.2) is 5.78 Å². The number of nitrogens with two attached hydrogens (primary N) is 1. The number of ketones is 1. The van der Waals surface area contributed by atoms with Gasteiger partial charge in [-0.2, -0.15) is 5.26 Å². The van der Waals surface area contributed by atoms with E-state index in [2.05, 4.69) is 6.07 Å². The molecule has 1 aromatic carbocycles. The van der Waals surface area contributed by atoms with Crippen LogP contribution in [0.15, 0.2) is 59.1 Å². The number of hydrogen-bond donors (Lipinski definition) is 1. The molecule has 0 fully saturated rings. The van der Waals surface area contributed by atoms with Crippen LogP contribution in [-0.4, -0.2) is 10.7 Å². The van der Waals surface area contributed by atoms with Crippen LogP contribution >= 0.6 is 22.9 Å². The molecule has 9 heteroatoms. The Hall–Kier alpha value is -3.15. The smallest absolute Gasteiger partial charge is 0.324 e. The van der Waals surface area contributed by atoms with E-state index in [4.69, 9.17) is 17.3 Å². The molecule has 158 valence electrons. The van der Waals surface area contributed by atoms with Crippen LogP contribution in [-0.2, 0) is 4.79 Å². The Morgan fingerprint density at radius 2 is 2.06 bits per heavy atom. The molecule has 1 aliphatic heterocycles. The Bertz CT molecular complexity index is 1220. The van der Waals surface area contributed by atoms with Gasteiger partial charge in [0.05, 0.1) is 22.5 Å². The lowest BCUT2D eigenvalue weighted by atomic mass is 9.69. The number of benzene rings is 1. The number of nitro groups is 1. The Morgan fingerprint density at radius 3 is 2.68 bits per heavy atom. The normalized spacial score (nSPS) is 20.5. The summed E-state index contributed by atoms with van der Waals surface area (Å²) in [5, 5.41) is 21.7. The van der Waals surface area contributed by atoms with Crippen molar-refractivity contribution >= 4 is 39.4 Å². The van der Waals surface area contributed by atoms with Crippen molar-refractivity contribution < 1.29 is 9.72 Å². The molecule has 2 aromatic rings. The van der Waals surface area contributed by atoms with Crippen molar-refractivity contribution in [1.29, 1.82) is 5.26 Å². The van der Waals surface area contributed by atoms with Gasteiger partial charge in [0.2, 0.25) is 0 Å². The fourth-order valence-corrected chi connectivity index (χ4v) is 5.43. The average molecular weight is 455 g/mol. The Labute approximate surface area is 188 Å². The van der Waals surface area contributed by atoms with Gasteiger partial charge in [0, 0.05) is 39.3 Å². The highest BCUT2D eigenvalue weighted by Gasteiger charge is 2.45. The quantitative estimate of drug-likeness (QED) is 0.500. The van der Waals surface area contributed by atoms with Crippen LogP contribution in [0, 0.1) is 26.9 Å². The zero-order valence-electron chi connectivity index (χ0n) is 16.9. The lowest BCUT2D eigenvalue weighted by Crippen LogP contribution is -2.42. The second kappa shape index (κ2) is 7.52. The molecule has 2 N–H and O–H groups in total. The first-order valence-electron chi connectivity index (χ1n) is 9.59. The largest absolute Gasteiger partial charge is 0.384 e. The molecule has 4 rings (SSSR count). The zero-order valence-corrected chi connectivity index (χ0v) is 18.5. The second-order valence-electron chi connectivity index (χ2n) is 8.39. The van der Waals surface area contributed by atoms with Gasteiger partial charge in [-0.3, -0.25) is 19.8 Å². The van der Waals surface area contributed by atoms with E-state index in [9.17, 15) is 20.2 Å². The summed E-state index contributed by atoms with van der Waals surface area (Å²) in [5.74, 6) is -0.604. The molecule has 0 spiro atoms. The van der Waals surface area contributed by atoms with Gasteiger partial charge in [-0.05, 0) is 36.1 Å². The predicted molar refractivity (Wildman–Crippen MR) is 120 cm³/mol. The van der Waals surface area contributed by atoms with E-state index < -0.39 is 10.8 Å². The highest BCUT2D eigenvalue weighted by atomic mass is 35.5. The summed E-state index contributed by atoms with van der Waals surface area (Å²) < 4.78 is 0. The summed E-state index contributed by atoms with van der Waals surface area (Å²) in [6, 6.07) is 12.2. The van der Waals surface area contributed by atoms with E-state index in [0.717, 1.165) is 11.3 Å². The van der Waals surface area contributed by atoms with Crippen molar-refractivity contribution in [3.05, 3.63) is 79.1 Å². The molecule has 2 aliphatic rings. The molecule has 7 nitrogen and oxygen atoms in total. The fourth-order valence-electron chi connectivity index (χ4n) is 4.30. The van der Waals surface area contributed by atoms with Crippen LogP contribution in [0.2, 0.25) is 5.02 Å². The van der Waals surface area contributed by atoms with Crippen LogP contribution < -0.4 is 10.6 Å². The molecule has 0 amide bonds. The first kappa shape index (κ1) is 21.1. The number of halogens is 1. The van der Waals surface area contributed by atoms with Crippen molar-refractivity contribution in [3.8, 4) is 6.07 Å². The predicted octanol–water partition coefficient (Wildman–Crippen LogP) is 5.25. The van der Waals surface area contributed by atoms with Crippen molar-refractivity contribution in [2.45, 2.75) is 32.6 Å². The standard InChI is InChI=1S/C22H19ClN4O3S/c1-22(2)9-15-20(16(28)10-22)19(17-6-7-18(31-17)27(29)30)14(11-24)21(25)26(15)13-5-3-4-12(23)8-13/h3-8,19H,9-10,25H2,1-2H3/t19-/m0/s1. The molecule has 1 atom stereocenters. The molecule has 0 saturated carbocycles. The van der Waals surface area contributed by atoms with Gasteiger partial charge in [0.1, 0.15) is 5.82 Å². The molecule has 0 radical (unpaired) electrons. The Kier molecular flexibility index (Phi) is 5.12. The molecule has 31 heavy (non-hydrogen) atoms. The maximum atomic E-state index is 13.4. The third kappa shape index (κ3) is 3.60. The molecule has 2 heterocycles. The van der Waals surface area contributed by atoms with Gasteiger partial charge in [-0.25, -0.2) is 0 Å². The van der Waals surface area contributed by atoms with Crippen molar-refractivity contribution in [1.82, 2.24) is 0 Å². The minimum Gasteiger partial charge on any atom is -0.384 e. The number of hydrogen-bond acceptors (Lipinski definition) is 7. The van der Waals surface area contributed by atoms with E-state index in [1.54, 1.807) is 29.2 Å². The molecule has 0 unspecified atom stereocenters. The maximum Gasteiger partial charge on any atom is 0.324 e. The van der Waals surface area contributed by atoms with Gasteiger partial charge < -0.3 is 5.73 Å². The van der Waals surface area contributed by atoms with Crippen LogP contribution in [0.4, 0.5) is 10.7 Å². The topological polar surface area (TPSA) is 113 Å². The van der Waals surface area contributed by atoms with Crippen LogP contribution in [0.5, 0.6) is 0 Å². The highest BCUT2D eigenvalue weighted by molar-refractivity contribution is 7.15. The number of Topliss-reactive ketones (excluding diaryl/α,β-unsaturated/α-hetero) is 1. The third-order valence-corrected chi connectivity index (χ3v) is 6.86. The van der Waals surface area contributed by atoms with Crippen molar-refractivity contribution in [3.63, 3.8) is 0 Å². The van der Waals surface area contributed by atoms with Gasteiger partial charge in [0.25, 0.3) is 0 Å². The average Bonchev–Trinajstić information content (AvgIpc) is 3.16. The molecular weight excluding hydrogens is 436 g/mol. The number of nitriles is 1. The van der Waals surface area contributed by atoms with E-state index in [1.165, 1.54) is 6.07 Å². The molecule has 1 aromatic heterocycles. The Balaban J connectivity index is 1.99. The lowest BCUT2D eigenvalue weighted by Gasteiger charge is -2.43. The molecule has 0 saturated heterocycles. The zero-order chi connectivity index (χ0) is 22.5.